The number of nitrogens with zero attached hydrogens (tertiary/aromatic N) is 3. The van der Waals surface area contributed by atoms with Gasteiger partial charge in [0.1, 0.15) is 5.02 Å². The maximum Gasteiger partial charge on any atom is 0.287 e. The minimum atomic E-state index is -0.499. The van der Waals surface area contributed by atoms with E-state index in [2.05, 4.69) is 10.4 Å². The largest absolute Gasteiger partial charge is 0.394 e. The summed E-state index contributed by atoms with van der Waals surface area (Å²) in [5, 5.41) is 15.4. The van der Waals surface area contributed by atoms with Crippen molar-refractivity contribution in [1.29, 1.82) is 0 Å². The second-order valence-corrected chi connectivity index (χ2v) is 4.42. The van der Waals surface area contributed by atoms with E-state index in [9.17, 15) is 9.59 Å². The number of hydrogen-bond donors (Lipinski definition) is 2. The van der Waals surface area contributed by atoms with Gasteiger partial charge in [0.2, 0.25) is 5.91 Å². The second-order valence-electron chi connectivity index (χ2n) is 4.04. The zero-order valence-electron chi connectivity index (χ0n) is 11.6. The molecule has 112 valence electrons. The Morgan fingerprint density at radius 3 is 2.70 bits per heavy atom. The van der Waals surface area contributed by atoms with Crippen LogP contribution in [-0.4, -0.2) is 51.9 Å². The summed E-state index contributed by atoms with van der Waals surface area (Å²) in [4.78, 5) is 25.3. The minimum absolute atomic E-state index is 0.0409. The van der Waals surface area contributed by atoms with Crippen molar-refractivity contribution in [3.05, 3.63) is 21.6 Å². The van der Waals surface area contributed by atoms with Gasteiger partial charge >= 0.3 is 0 Å². The van der Waals surface area contributed by atoms with Gasteiger partial charge in [-0.1, -0.05) is 11.6 Å². The first kappa shape index (κ1) is 16.5. The number of carbonyl (C=O) groups is 1. The fourth-order valence-corrected chi connectivity index (χ4v) is 1.91. The molecule has 0 aliphatic rings. The van der Waals surface area contributed by atoms with E-state index >= 15 is 0 Å². The lowest BCUT2D eigenvalue weighted by Crippen LogP contribution is -2.35. The van der Waals surface area contributed by atoms with Crippen molar-refractivity contribution in [2.45, 2.75) is 20.4 Å². The Hall–Kier alpha value is -1.60. The highest BCUT2D eigenvalue weighted by Crippen LogP contribution is 2.14. The van der Waals surface area contributed by atoms with Crippen LogP contribution in [0.15, 0.2) is 11.0 Å². The molecule has 1 amide bonds. The standard InChI is InChI=1S/C12H19ClN4O3/c1-3-16(4-2)10(19)8-14-9-7-15-17(5-6-18)12(20)11(9)13/h7,14,18H,3-6,8H2,1-2H3. The van der Waals surface area contributed by atoms with Crippen molar-refractivity contribution in [1.82, 2.24) is 14.7 Å². The first-order valence-electron chi connectivity index (χ1n) is 6.43. The molecular weight excluding hydrogens is 284 g/mol. The zero-order valence-corrected chi connectivity index (χ0v) is 12.4. The molecule has 1 heterocycles. The van der Waals surface area contributed by atoms with Gasteiger partial charge in [0.05, 0.1) is 31.6 Å². The predicted molar refractivity (Wildman–Crippen MR) is 77.0 cm³/mol. The topological polar surface area (TPSA) is 87.5 Å². The molecule has 2 N–H and O–H groups in total. The molecule has 0 radical (unpaired) electrons. The van der Waals surface area contributed by atoms with Crippen molar-refractivity contribution in [3.63, 3.8) is 0 Å². The summed E-state index contributed by atoms with van der Waals surface area (Å²) in [5.41, 5.74) is -0.188. The molecule has 1 aromatic heterocycles. The van der Waals surface area contributed by atoms with E-state index in [1.54, 1.807) is 4.90 Å². The van der Waals surface area contributed by atoms with Crippen LogP contribution in [0.3, 0.4) is 0 Å². The highest BCUT2D eigenvalue weighted by Gasteiger charge is 2.12. The smallest absolute Gasteiger partial charge is 0.287 e. The van der Waals surface area contributed by atoms with Crippen LogP contribution in [0.2, 0.25) is 5.02 Å². The van der Waals surface area contributed by atoms with Gasteiger partial charge in [-0.05, 0) is 13.8 Å². The molecule has 0 bridgehead atoms. The van der Waals surface area contributed by atoms with E-state index in [4.69, 9.17) is 16.7 Å². The molecule has 7 nitrogen and oxygen atoms in total. The lowest BCUT2D eigenvalue weighted by Gasteiger charge is -2.19. The average Bonchev–Trinajstić information content (AvgIpc) is 2.44. The van der Waals surface area contributed by atoms with E-state index in [0.717, 1.165) is 4.68 Å². The molecule has 1 rings (SSSR count). The maximum absolute atomic E-state index is 11.8. The first-order chi connectivity index (χ1) is 9.54. The number of carbonyl (C=O) groups excluding carboxylic acids is 1. The Morgan fingerprint density at radius 1 is 1.50 bits per heavy atom. The number of aliphatic hydroxyl groups is 1. The van der Waals surface area contributed by atoms with Crippen LogP contribution in [0.4, 0.5) is 5.69 Å². The van der Waals surface area contributed by atoms with Gasteiger partial charge in [0.15, 0.2) is 0 Å². The van der Waals surface area contributed by atoms with Gasteiger partial charge in [0, 0.05) is 13.1 Å². The molecule has 0 aromatic carbocycles. The van der Waals surface area contributed by atoms with Crippen molar-refractivity contribution < 1.29 is 9.90 Å². The van der Waals surface area contributed by atoms with E-state index in [0.29, 0.717) is 18.8 Å². The number of amides is 1. The Bertz CT molecular complexity index is 514. The van der Waals surface area contributed by atoms with E-state index in [1.165, 1.54) is 6.20 Å². The number of nitrogens with one attached hydrogen (secondary N) is 1. The molecule has 0 saturated heterocycles. The van der Waals surface area contributed by atoms with Gasteiger partial charge in [-0.3, -0.25) is 9.59 Å². The Morgan fingerprint density at radius 2 is 2.15 bits per heavy atom. The van der Waals surface area contributed by atoms with Crippen molar-refractivity contribution >= 4 is 23.2 Å². The van der Waals surface area contributed by atoms with E-state index < -0.39 is 5.56 Å². The molecule has 1 aromatic rings. The van der Waals surface area contributed by atoms with Crippen LogP contribution in [0.1, 0.15) is 13.8 Å². The van der Waals surface area contributed by atoms with Crippen LogP contribution in [0.5, 0.6) is 0 Å². The Labute approximate surface area is 122 Å². The van der Waals surface area contributed by atoms with Crippen LogP contribution < -0.4 is 10.9 Å². The predicted octanol–water partition coefficient (Wildman–Crippen LogP) is 0.169. The summed E-state index contributed by atoms with van der Waals surface area (Å²) in [6.45, 7) is 4.97. The highest BCUT2D eigenvalue weighted by molar-refractivity contribution is 6.33. The molecule has 0 fully saturated rings. The van der Waals surface area contributed by atoms with Gasteiger partial charge in [0.25, 0.3) is 5.56 Å². The number of anilines is 1. The third kappa shape index (κ3) is 3.94. The lowest BCUT2D eigenvalue weighted by atomic mass is 10.4. The number of aliphatic hydroxyl groups excluding tert-OH is 1. The third-order valence-electron chi connectivity index (χ3n) is 2.84. The van der Waals surface area contributed by atoms with Crippen molar-refractivity contribution in [2.24, 2.45) is 0 Å². The molecular formula is C12H19ClN4O3. The lowest BCUT2D eigenvalue weighted by molar-refractivity contribution is -0.128. The van der Waals surface area contributed by atoms with Crippen molar-refractivity contribution in [2.75, 3.05) is 31.6 Å². The third-order valence-corrected chi connectivity index (χ3v) is 3.21. The van der Waals surface area contributed by atoms with Gasteiger partial charge < -0.3 is 15.3 Å². The molecule has 0 spiro atoms. The summed E-state index contributed by atoms with van der Waals surface area (Å²) in [7, 11) is 0. The fourth-order valence-electron chi connectivity index (χ4n) is 1.70. The second kappa shape index (κ2) is 7.86. The van der Waals surface area contributed by atoms with Crippen LogP contribution in [0.25, 0.3) is 0 Å². The maximum atomic E-state index is 11.8. The normalized spacial score (nSPS) is 10.4. The van der Waals surface area contributed by atoms with Crippen LogP contribution in [-0.2, 0) is 11.3 Å². The highest BCUT2D eigenvalue weighted by atomic mass is 35.5. The van der Waals surface area contributed by atoms with Crippen LogP contribution in [0, 0.1) is 0 Å². The molecule has 8 heteroatoms. The zero-order chi connectivity index (χ0) is 15.1. The van der Waals surface area contributed by atoms with E-state index in [1.807, 2.05) is 13.8 Å². The summed E-state index contributed by atoms with van der Waals surface area (Å²) in [6.07, 6.45) is 1.37. The summed E-state index contributed by atoms with van der Waals surface area (Å²) in [6, 6.07) is 0. The van der Waals surface area contributed by atoms with Crippen molar-refractivity contribution in [3.8, 4) is 0 Å². The Kier molecular flexibility index (Phi) is 6.47. The molecule has 0 saturated carbocycles. The SMILES string of the molecule is CCN(CC)C(=O)CNc1cnn(CCO)c(=O)c1Cl. The summed E-state index contributed by atoms with van der Waals surface area (Å²) in [5.74, 6) is -0.0781. The molecule has 0 atom stereocenters. The molecule has 0 aliphatic heterocycles. The number of likely N-dealkylation sites (N-methyl/N-ethyl adjacent to an activating group) is 1. The van der Waals surface area contributed by atoms with Gasteiger partial charge in [-0.2, -0.15) is 5.10 Å². The number of aromatic nitrogens is 2. The molecule has 0 unspecified atom stereocenters. The molecule has 20 heavy (non-hydrogen) atoms. The molecule has 0 aliphatic carbocycles. The van der Waals surface area contributed by atoms with Crippen LogP contribution >= 0.6 is 11.6 Å². The quantitative estimate of drug-likeness (QED) is 0.750. The van der Waals surface area contributed by atoms with E-state index in [-0.39, 0.29) is 30.6 Å². The monoisotopic (exact) mass is 302 g/mol. The van der Waals surface area contributed by atoms with Gasteiger partial charge in [-0.25, -0.2) is 4.68 Å². The van der Waals surface area contributed by atoms with Gasteiger partial charge in [-0.15, -0.1) is 0 Å². The number of hydrogen-bond acceptors (Lipinski definition) is 5. The number of rotatable bonds is 7. The summed E-state index contributed by atoms with van der Waals surface area (Å²) < 4.78 is 1.07. The summed E-state index contributed by atoms with van der Waals surface area (Å²) >= 11 is 5.92. The number of halogens is 1. The average molecular weight is 303 g/mol. The minimum Gasteiger partial charge on any atom is -0.394 e. The fraction of sp³-hybridized carbons (Fsp3) is 0.583. The Balaban J connectivity index is 2.77. The first-order valence-corrected chi connectivity index (χ1v) is 6.81.